The van der Waals surface area contributed by atoms with Gasteiger partial charge < -0.3 is 5.73 Å². The van der Waals surface area contributed by atoms with Crippen molar-refractivity contribution < 1.29 is 0 Å². The third-order valence-corrected chi connectivity index (χ3v) is 3.82. The molecule has 1 aromatic carbocycles. The van der Waals surface area contributed by atoms with Gasteiger partial charge in [-0.1, -0.05) is 34.5 Å². The summed E-state index contributed by atoms with van der Waals surface area (Å²) in [7, 11) is 0. The monoisotopic (exact) mass is 406 g/mol. The lowest BCUT2D eigenvalue weighted by Gasteiger charge is -2.08. The summed E-state index contributed by atoms with van der Waals surface area (Å²) in [6.45, 7) is 2.11. The van der Waals surface area contributed by atoms with E-state index in [1.807, 2.05) is 22.9 Å². The molecule has 17 heavy (non-hydrogen) atoms. The molecule has 0 bridgehead atoms. The van der Waals surface area contributed by atoms with Gasteiger partial charge in [-0.25, -0.2) is 4.68 Å². The lowest BCUT2D eigenvalue weighted by Crippen LogP contribution is -2.05. The van der Waals surface area contributed by atoms with Crippen LogP contribution in [0.4, 0.5) is 5.82 Å². The Bertz CT molecular complexity index is 538. The highest BCUT2D eigenvalue weighted by molar-refractivity contribution is 14.1. The van der Waals surface area contributed by atoms with Gasteiger partial charge in [0, 0.05) is 8.04 Å². The first-order valence-electron chi connectivity index (χ1n) is 5.29. The fourth-order valence-electron chi connectivity index (χ4n) is 1.63. The molecule has 6 heteroatoms. The van der Waals surface area contributed by atoms with Gasteiger partial charge in [-0.15, -0.1) is 5.10 Å². The van der Waals surface area contributed by atoms with E-state index in [0.717, 1.165) is 32.3 Å². The molecule has 0 atom stereocenters. The third kappa shape index (κ3) is 2.62. The van der Waals surface area contributed by atoms with Crippen LogP contribution in [0.2, 0.25) is 0 Å². The van der Waals surface area contributed by atoms with Crippen LogP contribution < -0.4 is 5.73 Å². The highest BCUT2D eigenvalue weighted by atomic mass is 127. The Morgan fingerprint density at radius 2 is 2.24 bits per heavy atom. The van der Waals surface area contributed by atoms with Crippen LogP contribution >= 0.6 is 38.5 Å². The maximum Gasteiger partial charge on any atom is 0.169 e. The molecule has 0 saturated heterocycles. The number of anilines is 1. The molecule has 0 aliphatic rings. The van der Waals surface area contributed by atoms with Crippen LogP contribution in [-0.2, 0) is 6.42 Å². The van der Waals surface area contributed by atoms with Gasteiger partial charge in [0.15, 0.2) is 5.82 Å². The Morgan fingerprint density at radius 3 is 2.94 bits per heavy atom. The number of halogens is 2. The Balaban J connectivity index is 2.56. The highest BCUT2D eigenvalue weighted by Crippen LogP contribution is 2.24. The van der Waals surface area contributed by atoms with Crippen LogP contribution in [0.1, 0.15) is 19.0 Å². The lowest BCUT2D eigenvalue weighted by molar-refractivity contribution is 0.743. The van der Waals surface area contributed by atoms with Gasteiger partial charge in [0.1, 0.15) is 0 Å². The van der Waals surface area contributed by atoms with Crippen molar-refractivity contribution in [3.63, 3.8) is 0 Å². The van der Waals surface area contributed by atoms with E-state index in [1.165, 1.54) is 0 Å². The molecule has 2 aromatic rings. The molecule has 1 heterocycles. The summed E-state index contributed by atoms with van der Waals surface area (Å²) in [4.78, 5) is 0. The summed E-state index contributed by atoms with van der Waals surface area (Å²) >= 11 is 5.75. The first-order valence-corrected chi connectivity index (χ1v) is 7.16. The fourth-order valence-corrected chi connectivity index (χ4v) is 2.54. The van der Waals surface area contributed by atoms with E-state index in [2.05, 4.69) is 55.8 Å². The van der Waals surface area contributed by atoms with Gasteiger partial charge in [-0.3, -0.25) is 0 Å². The van der Waals surface area contributed by atoms with E-state index in [0.29, 0.717) is 5.82 Å². The fraction of sp³-hybridized carbons (Fsp3) is 0.273. The van der Waals surface area contributed by atoms with Crippen molar-refractivity contribution in [3.05, 3.63) is 31.9 Å². The number of nitrogens with two attached hydrogens (primary N) is 1. The number of rotatable bonds is 3. The van der Waals surface area contributed by atoms with E-state index < -0.39 is 0 Å². The van der Waals surface area contributed by atoms with E-state index in [4.69, 9.17) is 5.73 Å². The average Bonchev–Trinajstić information content (AvgIpc) is 2.65. The SMILES string of the molecule is CCCc1c(N)nnn1-c1cc(Br)ccc1I. The molecule has 0 unspecified atom stereocenters. The Hall–Kier alpha value is -0.630. The minimum Gasteiger partial charge on any atom is -0.381 e. The van der Waals surface area contributed by atoms with Crippen molar-refractivity contribution in [2.75, 3.05) is 5.73 Å². The molecule has 0 amide bonds. The van der Waals surface area contributed by atoms with Gasteiger partial charge in [0.2, 0.25) is 0 Å². The van der Waals surface area contributed by atoms with Crippen LogP contribution in [0.5, 0.6) is 0 Å². The minimum atomic E-state index is 0.516. The van der Waals surface area contributed by atoms with E-state index >= 15 is 0 Å². The quantitative estimate of drug-likeness (QED) is 0.796. The highest BCUT2D eigenvalue weighted by Gasteiger charge is 2.13. The number of hydrogen-bond donors (Lipinski definition) is 1. The smallest absolute Gasteiger partial charge is 0.169 e. The first kappa shape index (κ1) is 12.8. The third-order valence-electron chi connectivity index (χ3n) is 2.42. The molecule has 0 aliphatic heterocycles. The standard InChI is InChI=1S/C11H12BrIN4/c1-2-3-9-11(14)15-16-17(9)10-6-7(12)4-5-8(10)13/h4-6H,2-3,14H2,1H3. The molecule has 0 aliphatic carbocycles. The predicted octanol–water partition coefficient (Wildman–Crippen LogP) is 3.17. The van der Waals surface area contributed by atoms with E-state index in [9.17, 15) is 0 Å². The van der Waals surface area contributed by atoms with Gasteiger partial charge in [0.05, 0.1) is 11.4 Å². The Kier molecular flexibility index (Phi) is 4.03. The zero-order valence-corrected chi connectivity index (χ0v) is 13.1. The number of aromatic nitrogens is 3. The molecule has 0 fully saturated rings. The first-order chi connectivity index (χ1) is 8.13. The van der Waals surface area contributed by atoms with E-state index in [-0.39, 0.29) is 0 Å². The maximum atomic E-state index is 5.84. The van der Waals surface area contributed by atoms with E-state index in [1.54, 1.807) is 0 Å². The van der Waals surface area contributed by atoms with Crippen molar-refractivity contribution in [1.82, 2.24) is 15.0 Å². The van der Waals surface area contributed by atoms with Crippen LogP contribution in [0, 0.1) is 3.57 Å². The second-order valence-electron chi connectivity index (χ2n) is 3.68. The van der Waals surface area contributed by atoms with Gasteiger partial charge >= 0.3 is 0 Å². The topological polar surface area (TPSA) is 56.7 Å². The Morgan fingerprint density at radius 1 is 1.47 bits per heavy atom. The molecular formula is C11H12BrIN4. The average molecular weight is 407 g/mol. The maximum absolute atomic E-state index is 5.84. The molecule has 2 rings (SSSR count). The molecule has 1 aromatic heterocycles. The van der Waals surface area contributed by atoms with Gasteiger partial charge in [-0.2, -0.15) is 0 Å². The molecule has 90 valence electrons. The Labute approximate surface area is 122 Å². The van der Waals surface area contributed by atoms with Crippen LogP contribution in [0.25, 0.3) is 5.69 Å². The van der Waals surface area contributed by atoms with Crippen molar-refractivity contribution >= 4 is 44.3 Å². The predicted molar refractivity (Wildman–Crippen MR) is 80.2 cm³/mol. The van der Waals surface area contributed by atoms with Crippen molar-refractivity contribution in [3.8, 4) is 5.69 Å². The van der Waals surface area contributed by atoms with Gasteiger partial charge in [0.25, 0.3) is 0 Å². The number of nitrogen functional groups attached to an aromatic ring is 1. The zero-order chi connectivity index (χ0) is 12.4. The number of nitrogens with zero attached hydrogens (tertiary/aromatic N) is 3. The van der Waals surface area contributed by atoms with Crippen molar-refractivity contribution in [1.29, 1.82) is 0 Å². The summed E-state index contributed by atoms with van der Waals surface area (Å²) in [5.41, 5.74) is 7.83. The van der Waals surface area contributed by atoms with Crippen LogP contribution in [0.3, 0.4) is 0 Å². The summed E-state index contributed by atoms with van der Waals surface area (Å²) in [5.74, 6) is 0.516. The minimum absolute atomic E-state index is 0.516. The largest absolute Gasteiger partial charge is 0.381 e. The number of hydrogen-bond acceptors (Lipinski definition) is 3. The van der Waals surface area contributed by atoms with Crippen LogP contribution in [-0.4, -0.2) is 15.0 Å². The summed E-state index contributed by atoms with van der Waals surface area (Å²) in [6.07, 6.45) is 1.89. The van der Waals surface area contributed by atoms with Crippen LogP contribution in [0.15, 0.2) is 22.7 Å². The molecule has 0 spiro atoms. The van der Waals surface area contributed by atoms with Crippen molar-refractivity contribution in [2.45, 2.75) is 19.8 Å². The zero-order valence-electron chi connectivity index (χ0n) is 9.32. The van der Waals surface area contributed by atoms with Gasteiger partial charge in [-0.05, 0) is 47.2 Å². The second-order valence-corrected chi connectivity index (χ2v) is 5.76. The molecule has 0 radical (unpaired) electrons. The lowest BCUT2D eigenvalue weighted by atomic mass is 10.2. The summed E-state index contributed by atoms with van der Waals surface area (Å²) in [5, 5.41) is 8.08. The number of benzene rings is 1. The molecule has 4 nitrogen and oxygen atoms in total. The summed E-state index contributed by atoms with van der Waals surface area (Å²) in [6, 6.07) is 6.06. The second kappa shape index (κ2) is 5.34. The molecule has 2 N–H and O–H groups in total. The van der Waals surface area contributed by atoms with Crippen molar-refractivity contribution in [2.24, 2.45) is 0 Å². The summed E-state index contributed by atoms with van der Waals surface area (Å²) < 4.78 is 3.96. The molecular weight excluding hydrogens is 395 g/mol. The molecule has 0 saturated carbocycles. The normalized spacial score (nSPS) is 10.8.